The van der Waals surface area contributed by atoms with Gasteiger partial charge >= 0.3 is 0 Å². The molecular weight excluding hydrogens is 272 g/mol. The Balaban J connectivity index is 4.14. The highest BCUT2D eigenvalue weighted by atomic mass is 32.2. The summed E-state index contributed by atoms with van der Waals surface area (Å²) in [6, 6.07) is 0. The van der Waals surface area contributed by atoms with Crippen LogP contribution in [0.2, 0.25) is 0 Å². The first-order valence-electron chi connectivity index (χ1n) is 7.29. The standard InChI is InChI=1S/C14H30N4OS/c1-6-9-16-12(19)8-10-17-13(15-7-2)18-11-14(3,4)20-5/h6-11H2,1-5H3,(H,16,19)(H2,15,17,18). The third-order valence-corrected chi connectivity index (χ3v) is 3.97. The Kier molecular flexibility index (Phi) is 10.3. The highest BCUT2D eigenvalue weighted by Crippen LogP contribution is 2.20. The van der Waals surface area contributed by atoms with Gasteiger partial charge in [0.1, 0.15) is 0 Å². The molecule has 0 aromatic heterocycles. The zero-order chi connectivity index (χ0) is 15.4. The normalized spacial score (nSPS) is 12.2. The fourth-order valence-corrected chi connectivity index (χ4v) is 1.52. The molecule has 0 aromatic carbocycles. The number of guanidine groups is 1. The van der Waals surface area contributed by atoms with Crippen molar-refractivity contribution in [3.8, 4) is 0 Å². The lowest BCUT2D eigenvalue weighted by atomic mass is 10.2. The minimum atomic E-state index is 0.0830. The van der Waals surface area contributed by atoms with E-state index in [9.17, 15) is 4.79 Å². The Bertz CT molecular complexity index is 306. The Morgan fingerprint density at radius 3 is 2.40 bits per heavy atom. The highest BCUT2D eigenvalue weighted by Gasteiger charge is 2.15. The van der Waals surface area contributed by atoms with Crippen molar-refractivity contribution in [1.29, 1.82) is 0 Å². The Hall–Kier alpha value is -0.910. The van der Waals surface area contributed by atoms with E-state index in [0.29, 0.717) is 13.0 Å². The molecule has 0 aliphatic heterocycles. The quantitative estimate of drug-likeness (QED) is 0.447. The highest BCUT2D eigenvalue weighted by molar-refractivity contribution is 7.99. The van der Waals surface area contributed by atoms with Gasteiger partial charge in [0, 0.05) is 30.8 Å². The largest absolute Gasteiger partial charge is 0.357 e. The molecule has 0 heterocycles. The molecule has 0 fully saturated rings. The topological polar surface area (TPSA) is 65.5 Å². The molecule has 0 unspecified atom stereocenters. The molecule has 0 atom stereocenters. The minimum absolute atomic E-state index is 0.0830. The van der Waals surface area contributed by atoms with Gasteiger partial charge in [-0.3, -0.25) is 9.79 Å². The molecule has 5 nitrogen and oxygen atoms in total. The molecule has 3 N–H and O–H groups in total. The fourth-order valence-electron chi connectivity index (χ4n) is 1.32. The van der Waals surface area contributed by atoms with Gasteiger partial charge in [-0.2, -0.15) is 11.8 Å². The average Bonchev–Trinajstić information content (AvgIpc) is 2.42. The lowest BCUT2D eigenvalue weighted by Gasteiger charge is -2.20. The van der Waals surface area contributed by atoms with Gasteiger partial charge in [0.15, 0.2) is 5.96 Å². The predicted molar refractivity (Wildman–Crippen MR) is 89.5 cm³/mol. The number of hydrogen-bond acceptors (Lipinski definition) is 3. The van der Waals surface area contributed by atoms with Crippen LogP contribution >= 0.6 is 11.8 Å². The molecular formula is C14H30N4OS. The van der Waals surface area contributed by atoms with Crippen LogP contribution in [0.5, 0.6) is 0 Å². The smallest absolute Gasteiger partial charge is 0.221 e. The lowest BCUT2D eigenvalue weighted by Crippen LogP contribution is -2.40. The zero-order valence-corrected chi connectivity index (χ0v) is 14.3. The van der Waals surface area contributed by atoms with Crippen molar-refractivity contribution in [3.63, 3.8) is 0 Å². The first kappa shape index (κ1) is 19.1. The summed E-state index contributed by atoms with van der Waals surface area (Å²) in [5, 5.41) is 9.25. The second kappa shape index (κ2) is 10.8. The van der Waals surface area contributed by atoms with Gasteiger partial charge in [0.05, 0.1) is 6.54 Å². The zero-order valence-electron chi connectivity index (χ0n) is 13.5. The first-order valence-corrected chi connectivity index (χ1v) is 8.51. The molecule has 0 saturated carbocycles. The summed E-state index contributed by atoms with van der Waals surface area (Å²) in [5.41, 5.74) is 0. The van der Waals surface area contributed by atoms with E-state index in [-0.39, 0.29) is 10.7 Å². The van der Waals surface area contributed by atoms with Gasteiger partial charge in [-0.15, -0.1) is 0 Å². The van der Waals surface area contributed by atoms with Crippen molar-refractivity contribution in [2.75, 3.05) is 32.4 Å². The molecule has 0 aromatic rings. The molecule has 0 bridgehead atoms. The van der Waals surface area contributed by atoms with Crippen molar-refractivity contribution in [2.45, 2.75) is 45.3 Å². The van der Waals surface area contributed by atoms with Crippen LogP contribution in [0.25, 0.3) is 0 Å². The van der Waals surface area contributed by atoms with Crippen LogP contribution in [0.1, 0.15) is 40.5 Å². The van der Waals surface area contributed by atoms with E-state index in [0.717, 1.165) is 32.0 Å². The van der Waals surface area contributed by atoms with E-state index in [1.54, 1.807) is 11.8 Å². The van der Waals surface area contributed by atoms with Crippen LogP contribution in [0.3, 0.4) is 0 Å². The van der Waals surface area contributed by atoms with E-state index in [1.165, 1.54) is 0 Å². The number of thioether (sulfide) groups is 1. The van der Waals surface area contributed by atoms with E-state index < -0.39 is 0 Å². The van der Waals surface area contributed by atoms with Crippen molar-refractivity contribution in [2.24, 2.45) is 4.99 Å². The summed E-state index contributed by atoms with van der Waals surface area (Å²) < 4.78 is 0.126. The monoisotopic (exact) mass is 302 g/mol. The molecule has 0 radical (unpaired) electrons. The number of carbonyl (C=O) groups excluding carboxylic acids is 1. The van der Waals surface area contributed by atoms with Crippen molar-refractivity contribution in [1.82, 2.24) is 16.0 Å². The summed E-state index contributed by atoms with van der Waals surface area (Å²) in [7, 11) is 0. The van der Waals surface area contributed by atoms with E-state index in [4.69, 9.17) is 0 Å². The number of rotatable bonds is 9. The number of carbonyl (C=O) groups is 1. The molecule has 20 heavy (non-hydrogen) atoms. The number of nitrogens with one attached hydrogen (secondary N) is 3. The summed E-state index contributed by atoms with van der Waals surface area (Å²) in [5.74, 6) is 0.859. The molecule has 0 aliphatic rings. The van der Waals surface area contributed by atoms with E-state index in [2.05, 4.69) is 41.0 Å². The van der Waals surface area contributed by atoms with Crippen LogP contribution in [0, 0.1) is 0 Å². The van der Waals surface area contributed by atoms with Crippen LogP contribution in [-0.2, 0) is 4.79 Å². The van der Waals surface area contributed by atoms with E-state index >= 15 is 0 Å². The molecule has 1 amide bonds. The Morgan fingerprint density at radius 2 is 1.85 bits per heavy atom. The SMILES string of the molecule is CCCNC(=O)CCNC(=NCC(C)(C)SC)NCC. The maximum absolute atomic E-state index is 11.5. The second-order valence-electron chi connectivity index (χ2n) is 5.19. The number of aliphatic imine (C=N–C) groups is 1. The Morgan fingerprint density at radius 1 is 1.15 bits per heavy atom. The second-order valence-corrected chi connectivity index (χ2v) is 6.70. The van der Waals surface area contributed by atoms with Gasteiger partial charge in [-0.05, 0) is 33.4 Å². The molecule has 0 spiro atoms. The van der Waals surface area contributed by atoms with Gasteiger partial charge in [-0.25, -0.2) is 0 Å². The summed E-state index contributed by atoms with van der Waals surface area (Å²) in [6.07, 6.45) is 3.53. The molecule has 0 rings (SSSR count). The summed E-state index contributed by atoms with van der Waals surface area (Å²) >= 11 is 1.80. The number of amides is 1. The molecule has 118 valence electrons. The van der Waals surface area contributed by atoms with Crippen molar-refractivity contribution >= 4 is 23.6 Å². The Labute approximate surface area is 127 Å². The first-order chi connectivity index (χ1) is 9.45. The van der Waals surface area contributed by atoms with Crippen LogP contribution in [0.15, 0.2) is 4.99 Å². The lowest BCUT2D eigenvalue weighted by molar-refractivity contribution is -0.120. The third kappa shape index (κ3) is 9.95. The van der Waals surface area contributed by atoms with Crippen LogP contribution in [-0.4, -0.2) is 49.0 Å². The predicted octanol–water partition coefficient (Wildman–Crippen LogP) is 1.60. The van der Waals surface area contributed by atoms with Gasteiger partial charge < -0.3 is 16.0 Å². The number of nitrogens with zero attached hydrogens (tertiary/aromatic N) is 1. The summed E-state index contributed by atoms with van der Waals surface area (Å²) in [4.78, 5) is 16.0. The van der Waals surface area contributed by atoms with Gasteiger partial charge in [-0.1, -0.05) is 6.92 Å². The third-order valence-electron chi connectivity index (χ3n) is 2.73. The van der Waals surface area contributed by atoms with Crippen molar-refractivity contribution < 1.29 is 4.79 Å². The molecule has 0 saturated heterocycles. The van der Waals surface area contributed by atoms with Crippen molar-refractivity contribution in [3.05, 3.63) is 0 Å². The van der Waals surface area contributed by atoms with Crippen LogP contribution < -0.4 is 16.0 Å². The maximum atomic E-state index is 11.5. The van der Waals surface area contributed by atoms with Crippen LogP contribution in [0.4, 0.5) is 0 Å². The fraction of sp³-hybridized carbons (Fsp3) is 0.857. The summed E-state index contributed by atoms with van der Waals surface area (Å²) in [6.45, 7) is 11.3. The van der Waals surface area contributed by atoms with Gasteiger partial charge in [0.25, 0.3) is 0 Å². The maximum Gasteiger partial charge on any atom is 0.221 e. The average molecular weight is 302 g/mol. The minimum Gasteiger partial charge on any atom is -0.357 e. The molecule has 6 heteroatoms. The van der Waals surface area contributed by atoms with E-state index in [1.807, 2.05) is 13.8 Å². The number of hydrogen-bond donors (Lipinski definition) is 3. The molecule has 0 aliphatic carbocycles. The van der Waals surface area contributed by atoms with Gasteiger partial charge in [0.2, 0.25) is 5.91 Å².